The Morgan fingerprint density at radius 2 is 1.72 bits per heavy atom. The van der Waals surface area contributed by atoms with E-state index in [9.17, 15) is 9.18 Å². The number of carbonyl (C=O) groups excluding carboxylic acids is 1. The summed E-state index contributed by atoms with van der Waals surface area (Å²) in [6.45, 7) is 3.99. The second-order valence-corrected chi connectivity index (χ2v) is 7.58. The maximum absolute atomic E-state index is 13.2. The van der Waals surface area contributed by atoms with E-state index >= 15 is 0 Å². The van der Waals surface area contributed by atoms with Crippen LogP contribution >= 0.6 is 0 Å². The predicted octanol–water partition coefficient (Wildman–Crippen LogP) is 5.83. The van der Waals surface area contributed by atoms with Crippen LogP contribution < -0.4 is 10.6 Å². The number of nitrogens with one attached hydrogen (secondary N) is 2. The van der Waals surface area contributed by atoms with Crippen LogP contribution in [0.4, 0.5) is 15.9 Å². The number of aromatic nitrogens is 2. The number of anilines is 2. The zero-order valence-corrected chi connectivity index (χ0v) is 17.8. The first kappa shape index (κ1) is 21.2. The molecule has 0 saturated heterocycles. The number of benzene rings is 3. The van der Waals surface area contributed by atoms with Crippen LogP contribution in [0.25, 0.3) is 11.4 Å². The van der Waals surface area contributed by atoms with E-state index in [4.69, 9.17) is 0 Å². The first-order valence-electron chi connectivity index (χ1n) is 10.3. The van der Waals surface area contributed by atoms with Gasteiger partial charge in [0.1, 0.15) is 11.6 Å². The summed E-state index contributed by atoms with van der Waals surface area (Å²) in [5.41, 5.74) is 4.21. The van der Waals surface area contributed by atoms with Crippen LogP contribution in [0.15, 0.2) is 85.1 Å². The topological polar surface area (TPSA) is 66.9 Å². The summed E-state index contributed by atoms with van der Waals surface area (Å²) in [4.78, 5) is 21.5. The molecule has 1 atom stereocenters. The molecule has 0 fully saturated rings. The van der Waals surface area contributed by atoms with Gasteiger partial charge in [0.15, 0.2) is 5.82 Å². The van der Waals surface area contributed by atoms with Gasteiger partial charge in [0.2, 0.25) is 0 Å². The van der Waals surface area contributed by atoms with Crippen LogP contribution in [-0.4, -0.2) is 15.9 Å². The van der Waals surface area contributed by atoms with Crippen molar-refractivity contribution in [1.82, 2.24) is 15.3 Å². The van der Waals surface area contributed by atoms with Crippen molar-refractivity contribution in [3.05, 3.63) is 108 Å². The second-order valence-electron chi connectivity index (χ2n) is 7.58. The molecule has 0 aliphatic heterocycles. The number of amides is 1. The van der Waals surface area contributed by atoms with E-state index in [0.717, 1.165) is 11.3 Å². The Kier molecular flexibility index (Phi) is 6.22. The molecule has 0 aliphatic carbocycles. The van der Waals surface area contributed by atoms with Crippen molar-refractivity contribution in [1.29, 1.82) is 0 Å². The third kappa shape index (κ3) is 5.16. The average Bonchev–Trinajstić information content (AvgIpc) is 2.80. The van der Waals surface area contributed by atoms with Crippen molar-refractivity contribution in [2.75, 3.05) is 5.32 Å². The molecule has 1 amide bonds. The van der Waals surface area contributed by atoms with Gasteiger partial charge in [0.05, 0.1) is 6.04 Å². The molecule has 6 heteroatoms. The van der Waals surface area contributed by atoms with E-state index in [1.165, 1.54) is 17.7 Å². The highest BCUT2D eigenvalue weighted by molar-refractivity contribution is 5.95. The maximum atomic E-state index is 13.2. The van der Waals surface area contributed by atoms with E-state index in [1.54, 1.807) is 36.5 Å². The SMILES string of the molecule is Cc1ccc([C@H](C)NC(=O)c2cccc(Nc3ccnc(-c4ccc(F)cc4)n3)c2)cc1. The lowest BCUT2D eigenvalue weighted by Crippen LogP contribution is -2.26. The number of rotatable bonds is 6. The quantitative estimate of drug-likeness (QED) is 0.407. The normalized spacial score (nSPS) is 11.6. The Hall–Kier alpha value is -4.06. The lowest BCUT2D eigenvalue weighted by atomic mass is 10.1. The Labute approximate surface area is 186 Å². The van der Waals surface area contributed by atoms with Gasteiger partial charge in [-0.2, -0.15) is 0 Å². The zero-order valence-electron chi connectivity index (χ0n) is 17.8. The fraction of sp³-hybridized carbons (Fsp3) is 0.115. The highest BCUT2D eigenvalue weighted by Gasteiger charge is 2.12. The minimum absolute atomic E-state index is 0.111. The lowest BCUT2D eigenvalue weighted by molar-refractivity contribution is 0.0940. The largest absolute Gasteiger partial charge is 0.346 e. The number of carbonyl (C=O) groups is 1. The van der Waals surface area contributed by atoms with Crippen LogP contribution in [0.3, 0.4) is 0 Å². The van der Waals surface area contributed by atoms with Gasteiger partial charge in [-0.25, -0.2) is 14.4 Å². The first-order chi connectivity index (χ1) is 15.5. The van der Waals surface area contributed by atoms with E-state index in [0.29, 0.717) is 22.8 Å². The van der Waals surface area contributed by atoms with Gasteiger partial charge in [0, 0.05) is 23.0 Å². The maximum Gasteiger partial charge on any atom is 0.251 e. The molecule has 4 aromatic rings. The smallest absolute Gasteiger partial charge is 0.251 e. The standard InChI is InChI=1S/C26H23FN4O/c1-17-6-8-19(9-7-17)18(2)29-26(32)21-4-3-5-23(16-21)30-24-14-15-28-25(31-24)20-10-12-22(27)13-11-20/h3-16,18H,1-2H3,(H,29,32)(H,28,30,31)/t18-/m0/s1. The molecule has 0 aliphatic rings. The molecule has 0 radical (unpaired) electrons. The van der Waals surface area contributed by atoms with E-state index in [2.05, 4.69) is 20.6 Å². The predicted molar refractivity (Wildman–Crippen MR) is 124 cm³/mol. The molecule has 0 spiro atoms. The van der Waals surface area contributed by atoms with Crippen LogP contribution in [0.1, 0.15) is 34.5 Å². The van der Waals surface area contributed by atoms with Crippen molar-refractivity contribution < 1.29 is 9.18 Å². The lowest BCUT2D eigenvalue weighted by Gasteiger charge is -2.15. The van der Waals surface area contributed by atoms with Crippen LogP contribution in [0.5, 0.6) is 0 Å². The molecule has 4 rings (SSSR count). The number of nitrogens with zero attached hydrogens (tertiary/aromatic N) is 2. The van der Waals surface area contributed by atoms with Crippen molar-refractivity contribution in [3.8, 4) is 11.4 Å². The minimum Gasteiger partial charge on any atom is -0.346 e. The molecule has 32 heavy (non-hydrogen) atoms. The molecular formula is C26H23FN4O. The number of halogens is 1. The number of hydrogen-bond donors (Lipinski definition) is 2. The summed E-state index contributed by atoms with van der Waals surface area (Å²) in [5, 5.41) is 6.24. The molecule has 1 heterocycles. The molecule has 0 saturated carbocycles. The van der Waals surface area contributed by atoms with Crippen molar-refractivity contribution in [2.24, 2.45) is 0 Å². The number of hydrogen-bond acceptors (Lipinski definition) is 4. The highest BCUT2D eigenvalue weighted by atomic mass is 19.1. The summed E-state index contributed by atoms with van der Waals surface area (Å²) >= 11 is 0. The fourth-order valence-corrected chi connectivity index (χ4v) is 3.27. The van der Waals surface area contributed by atoms with Gasteiger partial charge in [-0.05, 0) is 67.9 Å². The van der Waals surface area contributed by atoms with Crippen molar-refractivity contribution in [2.45, 2.75) is 19.9 Å². The molecule has 3 aromatic carbocycles. The van der Waals surface area contributed by atoms with Crippen molar-refractivity contribution >= 4 is 17.4 Å². The second kappa shape index (κ2) is 9.39. The molecule has 5 nitrogen and oxygen atoms in total. The summed E-state index contributed by atoms with van der Waals surface area (Å²) in [6, 6.07) is 23.0. The first-order valence-corrected chi connectivity index (χ1v) is 10.3. The summed E-state index contributed by atoms with van der Waals surface area (Å²) in [5.74, 6) is 0.590. The Morgan fingerprint density at radius 1 is 0.969 bits per heavy atom. The van der Waals surface area contributed by atoms with Crippen LogP contribution in [0.2, 0.25) is 0 Å². The third-order valence-corrected chi connectivity index (χ3v) is 5.08. The van der Waals surface area contributed by atoms with Gasteiger partial charge >= 0.3 is 0 Å². The summed E-state index contributed by atoms with van der Waals surface area (Å²) < 4.78 is 13.2. The van der Waals surface area contributed by atoms with E-state index in [-0.39, 0.29) is 17.8 Å². The molecule has 1 aromatic heterocycles. The average molecular weight is 426 g/mol. The summed E-state index contributed by atoms with van der Waals surface area (Å²) in [7, 11) is 0. The Balaban J connectivity index is 1.47. The molecule has 0 unspecified atom stereocenters. The van der Waals surface area contributed by atoms with E-state index in [1.807, 2.05) is 50.2 Å². The van der Waals surface area contributed by atoms with Crippen LogP contribution in [0, 0.1) is 12.7 Å². The fourth-order valence-electron chi connectivity index (χ4n) is 3.27. The van der Waals surface area contributed by atoms with Gasteiger partial charge < -0.3 is 10.6 Å². The Morgan fingerprint density at radius 3 is 2.47 bits per heavy atom. The third-order valence-electron chi connectivity index (χ3n) is 5.08. The zero-order chi connectivity index (χ0) is 22.5. The molecule has 2 N–H and O–H groups in total. The highest BCUT2D eigenvalue weighted by Crippen LogP contribution is 2.21. The molecular weight excluding hydrogens is 403 g/mol. The van der Waals surface area contributed by atoms with Gasteiger partial charge in [-0.1, -0.05) is 35.9 Å². The molecule has 160 valence electrons. The Bertz CT molecular complexity index is 1220. The van der Waals surface area contributed by atoms with Gasteiger partial charge in [0.25, 0.3) is 5.91 Å². The van der Waals surface area contributed by atoms with Gasteiger partial charge in [-0.15, -0.1) is 0 Å². The van der Waals surface area contributed by atoms with Crippen LogP contribution in [-0.2, 0) is 0 Å². The van der Waals surface area contributed by atoms with E-state index < -0.39 is 0 Å². The molecule has 0 bridgehead atoms. The van der Waals surface area contributed by atoms with Crippen molar-refractivity contribution in [3.63, 3.8) is 0 Å². The summed E-state index contributed by atoms with van der Waals surface area (Å²) in [6.07, 6.45) is 1.63. The van der Waals surface area contributed by atoms with Gasteiger partial charge in [-0.3, -0.25) is 4.79 Å². The monoisotopic (exact) mass is 426 g/mol. The minimum atomic E-state index is -0.310. The number of aryl methyl sites for hydroxylation is 1.